The van der Waals surface area contributed by atoms with Crippen molar-refractivity contribution in [1.82, 2.24) is 0 Å². The lowest BCUT2D eigenvalue weighted by Crippen LogP contribution is -2.22. The average Bonchev–Trinajstić information content (AvgIpc) is 2.44. The number of rotatable bonds is 4. The van der Waals surface area contributed by atoms with Crippen LogP contribution in [0.3, 0.4) is 0 Å². The molecule has 0 aliphatic carbocycles. The van der Waals surface area contributed by atoms with Gasteiger partial charge in [0, 0.05) is 14.2 Å². The zero-order valence-corrected chi connectivity index (χ0v) is 14.4. The third kappa shape index (κ3) is 4.52. The first-order chi connectivity index (χ1) is 9.54. The first-order valence-corrected chi connectivity index (χ1v) is 8.30. The molecule has 2 nitrogen and oxygen atoms in total. The minimum atomic E-state index is -0.128. The molecule has 0 bridgehead atoms. The molecule has 0 aliphatic heterocycles. The van der Waals surface area contributed by atoms with Crippen molar-refractivity contribution < 1.29 is 4.79 Å². The monoisotopic (exact) mass is 397 g/mol. The number of nitrogens with one attached hydrogen (secondary N) is 1. The van der Waals surface area contributed by atoms with Crippen LogP contribution in [0.25, 0.3) is 0 Å². The molecule has 2 aromatic carbocycles. The Morgan fingerprint density at radius 3 is 2.30 bits per heavy atom. The molecule has 0 heterocycles. The van der Waals surface area contributed by atoms with Gasteiger partial charge in [0.15, 0.2) is 0 Å². The van der Waals surface area contributed by atoms with E-state index in [1.807, 2.05) is 31.2 Å². The molecule has 0 saturated heterocycles. The predicted octanol–water partition coefficient (Wildman–Crippen LogP) is 4.72. The fourth-order valence-corrected chi connectivity index (χ4v) is 2.88. The van der Waals surface area contributed by atoms with Crippen LogP contribution in [0.15, 0.2) is 53.4 Å². The second-order valence-corrected chi connectivity index (χ2v) is 7.23. The molecule has 0 aliphatic rings. The second-order valence-electron chi connectivity index (χ2n) is 4.57. The molecule has 4 heteroatoms. The van der Waals surface area contributed by atoms with E-state index < -0.39 is 0 Å². The summed E-state index contributed by atoms with van der Waals surface area (Å²) in [6, 6.07) is 16.0. The summed E-state index contributed by atoms with van der Waals surface area (Å²) in [5.41, 5.74) is 2.07. The number of benzene rings is 2. The Bertz CT molecular complexity index is 580. The van der Waals surface area contributed by atoms with Gasteiger partial charge in [-0.1, -0.05) is 17.7 Å². The lowest BCUT2D eigenvalue weighted by molar-refractivity contribution is -0.115. The summed E-state index contributed by atoms with van der Waals surface area (Å²) in [5, 5.41) is 2.81. The van der Waals surface area contributed by atoms with E-state index >= 15 is 0 Å². The Hall–Kier alpha value is -1.01. The quantitative estimate of drug-likeness (QED) is 0.598. The van der Waals surface area contributed by atoms with Gasteiger partial charge in [0.25, 0.3) is 0 Å². The van der Waals surface area contributed by atoms with Gasteiger partial charge in [-0.25, -0.2) is 0 Å². The van der Waals surface area contributed by atoms with Crippen LogP contribution in [0.4, 0.5) is 5.69 Å². The number of halogens is 1. The van der Waals surface area contributed by atoms with Crippen LogP contribution in [0.1, 0.15) is 12.5 Å². The lowest BCUT2D eigenvalue weighted by Gasteiger charge is -2.12. The van der Waals surface area contributed by atoms with Crippen molar-refractivity contribution in [2.24, 2.45) is 0 Å². The van der Waals surface area contributed by atoms with Gasteiger partial charge in [-0.3, -0.25) is 4.79 Å². The molecule has 0 saturated carbocycles. The number of carbonyl (C=O) groups excluding carboxylic acids is 1. The molecule has 1 atom stereocenters. The van der Waals surface area contributed by atoms with Crippen molar-refractivity contribution in [3.63, 3.8) is 0 Å². The normalized spacial score (nSPS) is 11.9. The van der Waals surface area contributed by atoms with Crippen LogP contribution >= 0.6 is 34.4 Å². The van der Waals surface area contributed by atoms with Crippen LogP contribution in [0.2, 0.25) is 0 Å². The highest BCUT2D eigenvalue weighted by Gasteiger charge is 2.14. The van der Waals surface area contributed by atoms with E-state index in [-0.39, 0.29) is 11.2 Å². The number of anilines is 1. The molecule has 0 spiro atoms. The van der Waals surface area contributed by atoms with Gasteiger partial charge in [0.05, 0.1) is 5.25 Å². The molecule has 1 amide bonds. The van der Waals surface area contributed by atoms with E-state index in [9.17, 15) is 4.79 Å². The standard InChI is InChI=1S/C16H16INOS/c1-11-3-9-15(10-4-11)20-12(2)16(19)18-14-7-5-13(17)6-8-14/h3-10,12H,1-2H3,(H,18,19)/t12-/m1/s1. The van der Waals surface area contributed by atoms with Crippen LogP contribution in [0, 0.1) is 10.5 Å². The molecular formula is C16H16INOS. The highest BCUT2D eigenvalue weighted by Crippen LogP contribution is 2.24. The third-order valence-corrected chi connectivity index (χ3v) is 4.65. The van der Waals surface area contributed by atoms with Crippen LogP contribution in [-0.2, 0) is 4.79 Å². The molecule has 1 N–H and O–H groups in total. The van der Waals surface area contributed by atoms with Crippen LogP contribution in [-0.4, -0.2) is 11.2 Å². The molecule has 20 heavy (non-hydrogen) atoms. The summed E-state index contributed by atoms with van der Waals surface area (Å²) >= 11 is 3.81. The third-order valence-electron chi connectivity index (χ3n) is 2.81. The lowest BCUT2D eigenvalue weighted by atomic mass is 10.2. The summed E-state index contributed by atoms with van der Waals surface area (Å²) < 4.78 is 1.16. The van der Waals surface area contributed by atoms with Crippen molar-refractivity contribution >= 4 is 45.9 Å². The molecule has 0 fully saturated rings. The van der Waals surface area contributed by atoms with E-state index in [0.717, 1.165) is 14.2 Å². The molecule has 0 unspecified atom stereocenters. The highest BCUT2D eigenvalue weighted by atomic mass is 127. The fraction of sp³-hybridized carbons (Fsp3) is 0.188. The minimum absolute atomic E-state index is 0.0248. The van der Waals surface area contributed by atoms with Crippen molar-refractivity contribution in [2.75, 3.05) is 5.32 Å². The number of amides is 1. The topological polar surface area (TPSA) is 29.1 Å². The van der Waals surface area contributed by atoms with Gasteiger partial charge in [0.1, 0.15) is 0 Å². The van der Waals surface area contributed by atoms with Gasteiger partial charge in [0.2, 0.25) is 5.91 Å². The SMILES string of the molecule is Cc1ccc(S[C@H](C)C(=O)Nc2ccc(I)cc2)cc1. The maximum absolute atomic E-state index is 12.1. The van der Waals surface area contributed by atoms with Crippen molar-refractivity contribution in [1.29, 1.82) is 0 Å². The Kier molecular flexibility index (Phi) is 5.48. The Morgan fingerprint density at radius 2 is 1.70 bits per heavy atom. The minimum Gasteiger partial charge on any atom is -0.325 e. The average molecular weight is 397 g/mol. The van der Waals surface area contributed by atoms with Gasteiger partial charge in [-0.15, -0.1) is 11.8 Å². The number of hydrogen-bond donors (Lipinski definition) is 1. The van der Waals surface area contributed by atoms with E-state index in [1.54, 1.807) is 11.8 Å². The van der Waals surface area contributed by atoms with Crippen molar-refractivity contribution in [3.05, 3.63) is 57.7 Å². The van der Waals surface area contributed by atoms with Gasteiger partial charge in [-0.2, -0.15) is 0 Å². The largest absolute Gasteiger partial charge is 0.325 e. The summed E-state index contributed by atoms with van der Waals surface area (Å²) in [4.78, 5) is 13.2. The number of thioether (sulfide) groups is 1. The van der Waals surface area contributed by atoms with E-state index in [4.69, 9.17) is 0 Å². The number of hydrogen-bond acceptors (Lipinski definition) is 2. The van der Waals surface area contributed by atoms with E-state index in [0.29, 0.717) is 0 Å². The maximum Gasteiger partial charge on any atom is 0.237 e. The maximum atomic E-state index is 12.1. The van der Waals surface area contributed by atoms with E-state index in [2.05, 4.69) is 59.1 Å². The zero-order valence-electron chi connectivity index (χ0n) is 11.4. The number of aryl methyl sites for hydroxylation is 1. The summed E-state index contributed by atoms with van der Waals surface area (Å²) in [6.45, 7) is 3.98. The summed E-state index contributed by atoms with van der Waals surface area (Å²) in [5.74, 6) is 0.0248. The fourth-order valence-electron chi connectivity index (χ4n) is 1.65. The van der Waals surface area contributed by atoms with E-state index in [1.165, 1.54) is 5.56 Å². The smallest absolute Gasteiger partial charge is 0.237 e. The first-order valence-electron chi connectivity index (χ1n) is 6.34. The van der Waals surface area contributed by atoms with Crippen LogP contribution in [0.5, 0.6) is 0 Å². The Morgan fingerprint density at radius 1 is 1.10 bits per heavy atom. The van der Waals surface area contributed by atoms with Crippen molar-refractivity contribution in [3.8, 4) is 0 Å². The van der Waals surface area contributed by atoms with Gasteiger partial charge < -0.3 is 5.32 Å². The molecule has 0 aromatic heterocycles. The molecule has 0 radical (unpaired) electrons. The Labute approximate surface area is 137 Å². The second kappa shape index (κ2) is 7.13. The molecule has 2 rings (SSSR count). The molecule has 104 valence electrons. The zero-order chi connectivity index (χ0) is 14.5. The van der Waals surface area contributed by atoms with Gasteiger partial charge >= 0.3 is 0 Å². The van der Waals surface area contributed by atoms with Gasteiger partial charge in [-0.05, 0) is 72.8 Å². The first kappa shape index (κ1) is 15.4. The highest BCUT2D eigenvalue weighted by molar-refractivity contribution is 14.1. The summed E-state index contributed by atoms with van der Waals surface area (Å²) in [6.07, 6.45) is 0. The molecule has 2 aromatic rings. The van der Waals surface area contributed by atoms with Crippen molar-refractivity contribution in [2.45, 2.75) is 24.0 Å². The summed E-state index contributed by atoms with van der Waals surface area (Å²) in [7, 11) is 0. The Balaban J connectivity index is 1.94. The predicted molar refractivity (Wildman–Crippen MR) is 94.3 cm³/mol. The number of carbonyl (C=O) groups is 1. The molecular weight excluding hydrogens is 381 g/mol. The van der Waals surface area contributed by atoms with Crippen LogP contribution < -0.4 is 5.32 Å².